The van der Waals surface area contributed by atoms with E-state index in [9.17, 15) is 9.59 Å². The van der Waals surface area contributed by atoms with Crippen molar-refractivity contribution in [2.75, 3.05) is 31.1 Å². The fraction of sp³-hybridized carbons (Fsp3) is 0.387. The van der Waals surface area contributed by atoms with Crippen molar-refractivity contribution in [3.8, 4) is 0 Å². The van der Waals surface area contributed by atoms with Crippen molar-refractivity contribution in [2.24, 2.45) is 5.41 Å². The Hall–Kier alpha value is -3.45. The zero-order valence-electron chi connectivity index (χ0n) is 21.8. The summed E-state index contributed by atoms with van der Waals surface area (Å²) in [4.78, 5) is 34.8. The van der Waals surface area contributed by atoms with Crippen LogP contribution in [0.4, 0.5) is 10.1 Å². The normalized spacial score (nSPS) is 20.1. The number of hydrogen-bond donors (Lipinski definition) is 1. The highest BCUT2D eigenvalue weighted by Gasteiger charge is 2.42. The molecule has 202 valence electrons. The van der Waals surface area contributed by atoms with Gasteiger partial charge in [-0.2, -0.15) is 0 Å². The summed E-state index contributed by atoms with van der Waals surface area (Å²) in [6.45, 7) is 3.20. The lowest BCUT2D eigenvalue weighted by Crippen LogP contribution is -2.44. The van der Waals surface area contributed by atoms with Gasteiger partial charge in [-0.25, -0.2) is 4.39 Å². The highest BCUT2D eigenvalue weighted by molar-refractivity contribution is 6.33. The third-order valence-corrected chi connectivity index (χ3v) is 9.10. The topological polar surface area (TPSA) is 65.5 Å². The van der Waals surface area contributed by atoms with E-state index >= 15 is 4.39 Å². The zero-order chi connectivity index (χ0) is 27.0. The van der Waals surface area contributed by atoms with Crippen LogP contribution in [0.15, 0.2) is 60.9 Å². The van der Waals surface area contributed by atoms with E-state index in [-0.39, 0.29) is 28.8 Å². The summed E-state index contributed by atoms with van der Waals surface area (Å²) in [6, 6.07) is 13.9. The largest absolute Gasteiger partial charge is 0.371 e. The van der Waals surface area contributed by atoms with Crippen LogP contribution in [0.2, 0.25) is 5.02 Å². The monoisotopic (exact) mass is 546 g/mol. The van der Waals surface area contributed by atoms with E-state index in [1.54, 1.807) is 35.2 Å². The number of pyridine rings is 1. The predicted octanol–water partition coefficient (Wildman–Crippen LogP) is 5.81. The molecule has 2 fully saturated rings. The minimum atomic E-state index is -0.484. The SMILES string of the molecule is O=C(N[C@@H]1CCCc2cc(F)c(C(=O)N3CCC4(CC3)CCN(c3ccncc3)C4)cc21)c1ccccc1Cl. The van der Waals surface area contributed by atoms with Crippen LogP contribution in [-0.4, -0.2) is 47.9 Å². The number of aromatic nitrogens is 1. The minimum absolute atomic E-state index is 0.0911. The van der Waals surface area contributed by atoms with Gasteiger partial charge < -0.3 is 15.1 Å². The van der Waals surface area contributed by atoms with Crippen molar-refractivity contribution >= 4 is 29.1 Å². The smallest absolute Gasteiger partial charge is 0.256 e. The summed E-state index contributed by atoms with van der Waals surface area (Å²) in [6.07, 6.45) is 8.83. The van der Waals surface area contributed by atoms with Crippen molar-refractivity contribution in [2.45, 2.75) is 44.6 Å². The summed E-state index contributed by atoms with van der Waals surface area (Å²) < 4.78 is 15.3. The summed E-state index contributed by atoms with van der Waals surface area (Å²) in [5, 5.41) is 3.45. The molecule has 1 atom stereocenters. The number of hydrogen-bond acceptors (Lipinski definition) is 4. The Labute approximate surface area is 233 Å². The lowest BCUT2D eigenvalue weighted by atomic mass is 9.77. The van der Waals surface area contributed by atoms with Gasteiger partial charge in [-0.1, -0.05) is 23.7 Å². The number of nitrogens with zero attached hydrogens (tertiary/aromatic N) is 3. The van der Waals surface area contributed by atoms with E-state index in [4.69, 9.17) is 11.6 Å². The van der Waals surface area contributed by atoms with Crippen molar-refractivity contribution in [3.63, 3.8) is 0 Å². The number of anilines is 1. The molecule has 0 saturated carbocycles. The highest BCUT2D eigenvalue weighted by atomic mass is 35.5. The van der Waals surface area contributed by atoms with E-state index in [0.29, 0.717) is 23.7 Å². The van der Waals surface area contributed by atoms with Crippen molar-refractivity contribution in [3.05, 3.63) is 94.0 Å². The lowest BCUT2D eigenvalue weighted by molar-refractivity contribution is 0.0605. The summed E-state index contributed by atoms with van der Waals surface area (Å²) in [5.74, 6) is -1.02. The van der Waals surface area contributed by atoms with Gasteiger partial charge in [0.2, 0.25) is 0 Å². The number of aryl methyl sites for hydroxylation is 1. The van der Waals surface area contributed by atoms with Gasteiger partial charge in [0, 0.05) is 44.3 Å². The molecule has 1 aromatic heterocycles. The molecule has 2 aromatic carbocycles. The van der Waals surface area contributed by atoms with Gasteiger partial charge in [0.15, 0.2) is 0 Å². The Bertz CT molecular complexity index is 1390. The first-order valence-corrected chi connectivity index (χ1v) is 14.1. The summed E-state index contributed by atoms with van der Waals surface area (Å²) >= 11 is 6.23. The number of rotatable bonds is 4. The first-order chi connectivity index (χ1) is 18.9. The van der Waals surface area contributed by atoms with Crippen LogP contribution in [0.1, 0.15) is 70.0 Å². The Morgan fingerprint density at radius 3 is 2.51 bits per heavy atom. The Balaban J connectivity index is 1.16. The first-order valence-electron chi connectivity index (χ1n) is 13.7. The number of amides is 2. The van der Waals surface area contributed by atoms with Gasteiger partial charge in [-0.3, -0.25) is 14.6 Å². The second-order valence-electron chi connectivity index (χ2n) is 11.1. The summed E-state index contributed by atoms with van der Waals surface area (Å²) in [5.41, 5.74) is 3.54. The molecular weight excluding hydrogens is 515 g/mol. The van der Waals surface area contributed by atoms with Gasteiger partial charge in [0.1, 0.15) is 5.82 Å². The van der Waals surface area contributed by atoms with Crippen LogP contribution in [0.3, 0.4) is 0 Å². The number of benzene rings is 2. The van der Waals surface area contributed by atoms with Gasteiger partial charge in [-0.05, 0) is 91.5 Å². The van der Waals surface area contributed by atoms with Crippen LogP contribution in [0, 0.1) is 11.2 Å². The molecule has 39 heavy (non-hydrogen) atoms. The van der Waals surface area contributed by atoms with E-state index in [0.717, 1.165) is 62.7 Å². The maximum atomic E-state index is 15.3. The molecule has 2 saturated heterocycles. The molecule has 1 N–H and O–H groups in total. The standard InChI is InChI=1S/C31H32ClFN4O2/c32-26-6-2-1-5-23(26)29(38)35-28-7-3-4-21-18-27(33)25(19-24(21)28)30(39)36-15-10-31(11-16-36)12-17-37(20-31)22-8-13-34-14-9-22/h1-2,5-6,8-9,13-14,18-19,28H,3-4,7,10-12,15-17,20H2,(H,35,38)/t28-/m1/s1. The van der Waals surface area contributed by atoms with Gasteiger partial charge in [0.05, 0.1) is 22.2 Å². The van der Waals surface area contributed by atoms with Gasteiger partial charge in [0.25, 0.3) is 11.8 Å². The molecule has 8 heteroatoms. The van der Waals surface area contributed by atoms with E-state index in [1.165, 1.54) is 11.8 Å². The molecule has 2 amide bonds. The molecule has 3 aliphatic rings. The quantitative estimate of drug-likeness (QED) is 0.448. The number of piperidine rings is 1. The first kappa shape index (κ1) is 25.8. The van der Waals surface area contributed by atoms with Gasteiger partial charge >= 0.3 is 0 Å². The van der Waals surface area contributed by atoms with Gasteiger partial charge in [-0.15, -0.1) is 0 Å². The number of likely N-dealkylation sites (tertiary alicyclic amines) is 1. The number of nitrogens with one attached hydrogen (secondary N) is 1. The van der Waals surface area contributed by atoms with E-state index in [2.05, 4.69) is 15.2 Å². The molecule has 0 unspecified atom stereocenters. The van der Waals surface area contributed by atoms with Crippen molar-refractivity contribution in [1.29, 1.82) is 0 Å². The zero-order valence-corrected chi connectivity index (χ0v) is 22.6. The second kappa shape index (κ2) is 10.6. The number of carbonyl (C=O) groups is 2. The van der Waals surface area contributed by atoms with Crippen LogP contribution in [0.5, 0.6) is 0 Å². The molecule has 0 radical (unpaired) electrons. The highest BCUT2D eigenvalue weighted by Crippen LogP contribution is 2.42. The fourth-order valence-electron chi connectivity index (χ4n) is 6.49. The molecule has 0 bridgehead atoms. The van der Waals surface area contributed by atoms with Crippen LogP contribution >= 0.6 is 11.6 Å². The van der Waals surface area contributed by atoms with E-state index < -0.39 is 5.82 Å². The predicted molar refractivity (Wildman–Crippen MR) is 150 cm³/mol. The third kappa shape index (κ3) is 5.12. The molecule has 3 heterocycles. The van der Waals surface area contributed by atoms with Crippen molar-refractivity contribution < 1.29 is 14.0 Å². The summed E-state index contributed by atoms with van der Waals surface area (Å²) in [7, 11) is 0. The van der Waals surface area contributed by atoms with Crippen LogP contribution in [0.25, 0.3) is 0 Å². The van der Waals surface area contributed by atoms with E-state index in [1.807, 2.05) is 24.5 Å². The Kier molecular flexibility index (Phi) is 7.02. The average molecular weight is 547 g/mol. The fourth-order valence-corrected chi connectivity index (χ4v) is 6.71. The second-order valence-corrected chi connectivity index (χ2v) is 11.5. The van der Waals surface area contributed by atoms with Crippen molar-refractivity contribution in [1.82, 2.24) is 15.2 Å². The van der Waals surface area contributed by atoms with Crippen LogP contribution < -0.4 is 10.2 Å². The number of halogens is 2. The number of fused-ring (bicyclic) bond motifs is 1. The average Bonchev–Trinajstić information content (AvgIpc) is 3.37. The molecule has 6 rings (SSSR count). The molecule has 1 spiro atoms. The Morgan fingerprint density at radius 1 is 1.00 bits per heavy atom. The maximum absolute atomic E-state index is 15.3. The molecule has 1 aliphatic carbocycles. The Morgan fingerprint density at radius 2 is 1.74 bits per heavy atom. The number of carbonyl (C=O) groups excluding carboxylic acids is 2. The molecule has 6 nitrogen and oxygen atoms in total. The molecule has 2 aliphatic heterocycles. The lowest BCUT2D eigenvalue weighted by Gasteiger charge is -2.39. The molecular formula is C31H32ClFN4O2. The van der Waals surface area contributed by atoms with Crippen LogP contribution in [-0.2, 0) is 6.42 Å². The third-order valence-electron chi connectivity index (χ3n) is 8.77. The molecule has 3 aromatic rings. The maximum Gasteiger partial charge on any atom is 0.256 e. The minimum Gasteiger partial charge on any atom is -0.371 e.